The van der Waals surface area contributed by atoms with Crippen LogP contribution < -0.4 is 0 Å². The van der Waals surface area contributed by atoms with Crippen molar-refractivity contribution in [1.82, 2.24) is 10.1 Å². The molecule has 0 amide bonds. The Bertz CT molecular complexity index is 564. The van der Waals surface area contributed by atoms with Gasteiger partial charge in [-0.15, -0.1) is 11.8 Å². The summed E-state index contributed by atoms with van der Waals surface area (Å²) in [5.41, 5.74) is 0. The van der Waals surface area contributed by atoms with Gasteiger partial charge in [0.25, 0.3) is 0 Å². The molecule has 92 valence electrons. The van der Waals surface area contributed by atoms with E-state index in [9.17, 15) is 0 Å². The number of hydrogen-bond donors (Lipinski definition) is 0. The number of nitriles is 1. The Balaban J connectivity index is 1.90. The minimum atomic E-state index is 0.392. The van der Waals surface area contributed by atoms with Gasteiger partial charge in [0.05, 0.1) is 11.8 Å². The van der Waals surface area contributed by atoms with Gasteiger partial charge >= 0.3 is 0 Å². The van der Waals surface area contributed by atoms with Gasteiger partial charge in [0.2, 0.25) is 5.89 Å². The average Bonchev–Trinajstić information content (AvgIpc) is 2.82. The lowest BCUT2D eigenvalue weighted by atomic mass is 10.3. The van der Waals surface area contributed by atoms with E-state index in [1.807, 2.05) is 30.3 Å². The van der Waals surface area contributed by atoms with E-state index in [2.05, 4.69) is 10.1 Å². The van der Waals surface area contributed by atoms with Gasteiger partial charge in [-0.25, -0.2) is 0 Å². The molecule has 0 spiro atoms. The summed E-state index contributed by atoms with van der Waals surface area (Å²) in [6.45, 7) is 0. The molecule has 0 atom stereocenters. The summed E-state index contributed by atoms with van der Waals surface area (Å²) in [7, 11) is 0. The molecule has 6 heteroatoms. The predicted molar refractivity (Wildman–Crippen MR) is 69.2 cm³/mol. The Morgan fingerprint density at radius 3 is 3.11 bits per heavy atom. The second-order valence-electron chi connectivity index (χ2n) is 3.51. The zero-order valence-electron chi connectivity index (χ0n) is 9.47. The highest BCUT2D eigenvalue weighted by molar-refractivity contribution is 7.98. The van der Waals surface area contributed by atoms with Crippen LogP contribution in [0.2, 0.25) is 5.02 Å². The van der Waals surface area contributed by atoms with E-state index < -0.39 is 0 Å². The number of thioether (sulfide) groups is 1. The van der Waals surface area contributed by atoms with Crippen LogP contribution in [-0.2, 0) is 12.2 Å². The Hall–Kier alpha value is -1.51. The largest absolute Gasteiger partial charge is 0.339 e. The molecule has 4 nitrogen and oxygen atoms in total. The first-order chi connectivity index (χ1) is 8.78. The molecule has 1 heterocycles. The third-order valence-corrected chi connectivity index (χ3v) is 3.35. The van der Waals surface area contributed by atoms with Gasteiger partial charge in [0, 0.05) is 22.8 Å². The van der Waals surface area contributed by atoms with Gasteiger partial charge in [-0.2, -0.15) is 10.2 Å². The van der Waals surface area contributed by atoms with E-state index in [0.29, 0.717) is 35.3 Å². The smallest absolute Gasteiger partial charge is 0.227 e. The number of rotatable bonds is 5. The number of aromatic nitrogens is 2. The molecule has 0 saturated heterocycles. The molecule has 1 aromatic heterocycles. The molecule has 0 aliphatic carbocycles. The molecule has 0 bridgehead atoms. The molecular formula is C12H10ClN3OS. The van der Waals surface area contributed by atoms with E-state index in [-0.39, 0.29) is 0 Å². The molecule has 2 aromatic rings. The normalized spacial score (nSPS) is 10.2. The van der Waals surface area contributed by atoms with Crippen LogP contribution in [0.15, 0.2) is 33.7 Å². The fourth-order valence-corrected chi connectivity index (χ4v) is 2.37. The topological polar surface area (TPSA) is 62.7 Å². The highest BCUT2D eigenvalue weighted by Crippen LogP contribution is 2.24. The second kappa shape index (κ2) is 6.43. The van der Waals surface area contributed by atoms with Gasteiger partial charge in [0.1, 0.15) is 0 Å². The van der Waals surface area contributed by atoms with Crippen LogP contribution in [0.3, 0.4) is 0 Å². The van der Waals surface area contributed by atoms with Crippen molar-refractivity contribution in [2.24, 2.45) is 0 Å². The highest BCUT2D eigenvalue weighted by Gasteiger charge is 2.06. The Morgan fingerprint density at radius 2 is 2.33 bits per heavy atom. The van der Waals surface area contributed by atoms with E-state index in [1.54, 1.807) is 11.8 Å². The first kappa shape index (κ1) is 12.9. The lowest BCUT2D eigenvalue weighted by Gasteiger charge is -1.98. The summed E-state index contributed by atoms with van der Waals surface area (Å²) in [5, 5.41) is 13.0. The number of aryl methyl sites for hydroxylation is 1. The standard InChI is InChI=1S/C12H10ClN3OS/c13-9-3-1-4-10(7-9)18-8-11-15-12(17-16-11)5-2-6-14/h1,3-4,7H,2,5,8H2. The quantitative estimate of drug-likeness (QED) is 0.784. The van der Waals surface area contributed by atoms with Crippen molar-refractivity contribution in [3.8, 4) is 6.07 Å². The van der Waals surface area contributed by atoms with Crippen molar-refractivity contribution in [3.63, 3.8) is 0 Å². The molecule has 0 aliphatic heterocycles. The summed E-state index contributed by atoms with van der Waals surface area (Å²) >= 11 is 7.48. The monoisotopic (exact) mass is 279 g/mol. The van der Waals surface area contributed by atoms with E-state index in [0.717, 1.165) is 4.90 Å². The Labute approximate surface area is 114 Å². The number of halogens is 1. The fraction of sp³-hybridized carbons (Fsp3) is 0.250. The number of benzene rings is 1. The fourth-order valence-electron chi connectivity index (χ4n) is 1.32. The third kappa shape index (κ3) is 3.76. The summed E-state index contributed by atoms with van der Waals surface area (Å²) in [5.74, 6) is 1.77. The molecular weight excluding hydrogens is 270 g/mol. The van der Waals surface area contributed by atoms with Crippen LogP contribution in [0.4, 0.5) is 0 Å². The maximum atomic E-state index is 8.46. The Kier molecular flexibility index (Phi) is 4.62. The first-order valence-electron chi connectivity index (χ1n) is 5.34. The van der Waals surface area contributed by atoms with Gasteiger partial charge in [-0.05, 0) is 18.2 Å². The molecule has 18 heavy (non-hydrogen) atoms. The maximum Gasteiger partial charge on any atom is 0.227 e. The van der Waals surface area contributed by atoms with Crippen LogP contribution in [0.1, 0.15) is 18.1 Å². The van der Waals surface area contributed by atoms with Crippen LogP contribution >= 0.6 is 23.4 Å². The maximum absolute atomic E-state index is 8.46. The first-order valence-corrected chi connectivity index (χ1v) is 6.71. The summed E-state index contributed by atoms with van der Waals surface area (Å²) in [6.07, 6.45) is 0.897. The summed E-state index contributed by atoms with van der Waals surface area (Å²) in [4.78, 5) is 5.26. The minimum Gasteiger partial charge on any atom is -0.339 e. The van der Waals surface area contributed by atoms with Crippen molar-refractivity contribution in [2.75, 3.05) is 0 Å². The second-order valence-corrected chi connectivity index (χ2v) is 4.99. The van der Waals surface area contributed by atoms with Crippen molar-refractivity contribution in [3.05, 3.63) is 41.0 Å². The van der Waals surface area contributed by atoms with Crippen LogP contribution in [0.25, 0.3) is 0 Å². The molecule has 1 aromatic carbocycles. The van der Waals surface area contributed by atoms with Gasteiger partial charge in [0.15, 0.2) is 5.82 Å². The Morgan fingerprint density at radius 1 is 1.44 bits per heavy atom. The van der Waals surface area contributed by atoms with Gasteiger partial charge < -0.3 is 4.52 Å². The van der Waals surface area contributed by atoms with Crippen LogP contribution in [0.5, 0.6) is 0 Å². The summed E-state index contributed by atoms with van der Waals surface area (Å²) in [6, 6.07) is 9.65. The van der Waals surface area contributed by atoms with Crippen LogP contribution in [0, 0.1) is 11.3 Å². The van der Waals surface area contributed by atoms with Crippen molar-refractivity contribution in [1.29, 1.82) is 5.26 Å². The molecule has 0 aliphatic rings. The van der Waals surface area contributed by atoms with Crippen LogP contribution in [-0.4, -0.2) is 10.1 Å². The zero-order valence-corrected chi connectivity index (χ0v) is 11.0. The SMILES string of the molecule is N#CCCc1nc(CSc2cccc(Cl)c2)no1. The highest BCUT2D eigenvalue weighted by atomic mass is 35.5. The lowest BCUT2D eigenvalue weighted by Crippen LogP contribution is -1.86. The third-order valence-electron chi connectivity index (χ3n) is 2.12. The van der Waals surface area contributed by atoms with Crippen molar-refractivity contribution in [2.45, 2.75) is 23.5 Å². The zero-order chi connectivity index (χ0) is 12.8. The predicted octanol–water partition coefficient (Wildman–Crippen LogP) is 3.47. The van der Waals surface area contributed by atoms with Gasteiger partial charge in [-0.3, -0.25) is 0 Å². The van der Waals surface area contributed by atoms with Gasteiger partial charge in [-0.1, -0.05) is 22.8 Å². The molecule has 0 N–H and O–H groups in total. The van der Waals surface area contributed by atoms with E-state index in [4.69, 9.17) is 21.4 Å². The molecule has 0 fully saturated rings. The van der Waals surface area contributed by atoms with Crippen molar-refractivity contribution < 1.29 is 4.52 Å². The molecule has 0 saturated carbocycles. The van der Waals surface area contributed by atoms with Crippen molar-refractivity contribution >= 4 is 23.4 Å². The lowest BCUT2D eigenvalue weighted by molar-refractivity contribution is 0.375. The van der Waals surface area contributed by atoms with E-state index >= 15 is 0 Å². The molecule has 2 rings (SSSR count). The number of hydrogen-bond acceptors (Lipinski definition) is 5. The average molecular weight is 280 g/mol. The summed E-state index contributed by atoms with van der Waals surface area (Å²) < 4.78 is 5.03. The minimum absolute atomic E-state index is 0.392. The molecule has 0 radical (unpaired) electrons. The van der Waals surface area contributed by atoms with E-state index in [1.165, 1.54) is 0 Å². The molecule has 0 unspecified atom stereocenters. The number of nitrogens with zero attached hydrogens (tertiary/aromatic N) is 3.